The quantitative estimate of drug-likeness (QED) is 0.311. The van der Waals surface area contributed by atoms with E-state index in [0.29, 0.717) is 12.0 Å². The molecule has 1 amide bonds. The fourth-order valence-electron chi connectivity index (χ4n) is 2.22. The number of unbranched alkanes of at least 4 members (excludes halogenated alkanes) is 1. The Hall–Kier alpha value is -2.52. The minimum atomic E-state index is -6.10. The van der Waals surface area contributed by atoms with Gasteiger partial charge in [-0.15, -0.1) is 0 Å². The Bertz CT molecular complexity index is 708. The maximum absolute atomic E-state index is 13.6. The van der Waals surface area contributed by atoms with E-state index in [-0.39, 0.29) is 13.0 Å². The summed E-state index contributed by atoms with van der Waals surface area (Å²) >= 11 is 0. The third kappa shape index (κ3) is 4.85. The highest BCUT2D eigenvalue weighted by molar-refractivity contribution is 5.98. The molecule has 0 radical (unpaired) electrons. The predicted octanol–water partition coefficient (Wildman–Crippen LogP) is 4.49. The first-order valence-corrected chi connectivity index (χ1v) is 8.17. The van der Waals surface area contributed by atoms with E-state index in [1.54, 1.807) is 13.8 Å². The van der Waals surface area contributed by atoms with E-state index in [2.05, 4.69) is 11.3 Å². The van der Waals surface area contributed by atoms with Gasteiger partial charge in [0.15, 0.2) is 0 Å². The van der Waals surface area contributed by atoms with Gasteiger partial charge in [0.1, 0.15) is 0 Å². The van der Waals surface area contributed by atoms with Crippen molar-refractivity contribution in [3.63, 3.8) is 0 Å². The van der Waals surface area contributed by atoms with Crippen molar-refractivity contribution in [1.29, 1.82) is 0 Å². The lowest BCUT2D eigenvalue weighted by Crippen LogP contribution is -2.69. The molecule has 0 saturated carbocycles. The van der Waals surface area contributed by atoms with Crippen LogP contribution in [0.15, 0.2) is 36.4 Å². The Morgan fingerprint density at radius 1 is 1.04 bits per heavy atom. The summed E-state index contributed by atoms with van der Waals surface area (Å²) in [6, 6.07) is 4.80. The molecule has 0 aliphatic rings. The Labute approximate surface area is 157 Å². The number of ether oxygens (including phenoxy) is 1. The minimum Gasteiger partial charge on any atom is -0.462 e. The van der Waals surface area contributed by atoms with Crippen LogP contribution in [0.1, 0.15) is 35.7 Å². The number of carbonyl (C=O) groups is 2. The highest BCUT2D eigenvalue weighted by atomic mass is 19.4. The largest absolute Gasteiger partial charge is 0.462 e. The maximum atomic E-state index is 13.6. The predicted molar refractivity (Wildman–Crippen MR) is 88.5 cm³/mol. The fourth-order valence-corrected chi connectivity index (χ4v) is 2.22. The molecule has 10 heteroatoms. The lowest BCUT2D eigenvalue weighted by atomic mass is 9.88. The lowest BCUT2D eigenvalue weighted by molar-refractivity contribution is -0.291. The first kappa shape index (κ1) is 23.5. The molecule has 28 heavy (non-hydrogen) atoms. The van der Waals surface area contributed by atoms with E-state index in [0.717, 1.165) is 17.4 Å². The molecular weight excluding hydrogens is 392 g/mol. The highest BCUT2D eigenvalue weighted by Crippen LogP contribution is 2.47. The minimum absolute atomic E-state index is 0.236. The van der Waals surface area contributed by atoms with Crippen molar-refractivity contribution in [2.75, 3.05) is 6.61 Å². The Balaban J connectivity index is 3.38. The average Bonchev–Trinajstić information content (AvgIpc) is 2.57. The van der Waals surface area contributed by atoms with Crippen LogP contribution in [0.4, 0.5) is 26.3 Å². The zero-order valence-corrected chi connectivity index (χ0v) is 15.1. The van der Waals surface area contributed by atoms with Gasteiger partial charge in [-0.05, 0) is 25.5 Å². The van der Waals surface area contributed by atoms with E-state index in [9.17, 15) is 35.9 Å². The zero-order chi connectivity index (χ0) is 21.8. The summed E-state index contributed by atoms with van der Waals surface area (Å²) in [5.41, 5.74) is -6.77. The summed E-state index contributed by atoms with van der Waals surface area (Å²) in [6.45, 7) is 5.58. The molecule has 1 N–H and O–H groups in total. The van der Waals surface area contributed by atoms with Crippen LogP contribution < -0.4 is 5.32 Å². The van der Waals surface area contributed by atoms with Gasteiger partial charge < -0.3 is 10.1 Å². The van der Waals surface area contributed by atoms with E-state index >= 15 is 0 Å². The number of amides is 1. The lowest BCUT2D eigenvalue weighted by Gasteiger charge is -2.38. The number of nitrogens with one attached hydrogen (secondary N) is 1. The molecule has 0 spiro atoms. The number of halogens is 6. The Kier molecular flexibility index (Phi) is 7.27. The molecule has 0 unspecified atom stereocenters. The number of hydrogen-bond donors (Lipinski definition) is 1. The van der Waals surface area contributed by atoms with Gasteiger partial charge in [0, 0.05) is 5.56 Å². The fraction of sp³-hybridized carbons (Fsp3) is 0.444. The average molecular weight is 411 g/mol. The van der Waals surface area contributed by atoms with Crippen molar-refractivity contribution in [3.8, 4) is 0 Å². The van der Waals surface area contributed by atoms with Crippen LogP contribution in [0.2, 0.25) is 0 Å². The number of esters is 1. The molecular formula is C18H19F6NO3. The molecule has 0 aliphatic heterocycles. The van der Waals surface area contributed by atoms with E-state index in [1.165, 1.54) is 12.1 Å². The first-order chi connectivity index (χ1) is 12.8. The van der Waals surface area contributed by atoms with Gasteiger partial charge in [-0.3, -0.25) is 4.79 Å². The van der Waals surface area contributed by atoms with Crippen molar-refractivity contribution in [1.82, 2.24) is 5.32 Å². The number of carbonyl (C=O) groups excluding carboxylic acids is 2. The molecule has 0 aromatic heterocycles. The first-order valence-electron chi connectivity index (χ1n) is 8.17. The zero-order valence-electron chi connectivity index (χ0n) is 15.1. The van der Waals surface area contributed by atoms with Gasteiger partial charge >= 0.3 is 18.3 Å². The topological polar surface area (TPSA) is 55.4 Å². The van der Waals surface area contributed by atoms with Crippen molar-refractivity contribution in [3.05, 3.63) is 47.5 Å². The van der Waals surface area contributed by atoms with Crippen LogP contribution in [0.3, 0.4) is 0 Å². The van der Waals surface area contributed by atoms with Crippen LogP contribution in [-0.4, -0.2) is 36.4 Å². The van der Waals surface area contributed by atoms with Crippen LogP contribution in [0.25, 0.3) is 0 Å². The van der Waals surface area contributed by atoms with Crippen molar-refractivity contribution in [2.45, 2.75) is 44.6 Å². The second-order valence-corrected chi connectivity index (χ2v) is 6.03. The van der Waals surface area contributed by atoms with Crippen LogP contribution in [-0.2, 0) is 9.53 Å². The molecule has 0 fully saturated rings. The Morgan fingerprint density at radius 2 is 1.54 bits per heavy atom. The standard InChI is InChI=1S/C18H19F6NO3/c1-4-5-10-28-15(27)12(3)16(17(19,20)21,18(22,23)24)25-14(26)13-8-6-11(2)7-9-13/h6-9H,3-5,10H2,1-2H3,(H,25,26). The maximum Gasteiger partial charge on any atom is 0.425 e. The van der Waals surface area contributed by atoms with Crippen LogP contribution in [0.5, 0.6) is 0 Å². The summed E-state index contributed by atoms with van der Waals surface area (Å²) in [5.74, 6) is -3.57. The van der Waals surface area contributed by atoms with Crippen LogP contribution in [0, 0.1) is 6.92 Å². The van der Waals surface area contributed by atoms with Crippen LogP contribution >= 0.6 is 0 Å². The monoisotopic (exact) mass is 411 g/mol. The number of aryl methyl sites for hydroxylation is 1. The normalized spacial score (nSPS) is 12.4. The molecule has 156 valence electrons. The Morgan fingerprint density at radius 3 is 1.96 bits per heavy atom. The van der Waals surface area contributed by atoms with Gasteiger partial charge in [-0.2, -0.15) is 26.3 Å². The molecule has 1 aromatic rings. The van der Waals surface area contributed by atoms with E-state index in [4.69, 9.17) is 0 Å². The summed E-state index contributed by atoms with van der Waals surface area (Å²) < 4.78 is 86.1. The SMILES string of the molecule is C=C(C(=O)OCCCC)C(NC(=O)c1ccc(C)cc1)(C(F)(F)F)C(F)(F)F. The van der Waals surface area contributed by atoms with Crippen molar-refractivity contribution < 1.29 is 40.7 Å². The molecule has 0 heterocycles. The molecule has 0 aliphatic carbocycles. The van der Waals surface area contributed by atoms with Crippen molar-refractivity contribution >= 4 is 11.9 Å². The number of benzene rings is 1. The molecule has 4 nitrogen and oxygen atoms in total. The summed E-state index contributed by atoms with van der Waals surface area (Å²) in [7, 11) is 0. The second kappa shape index (κ2) is 8.66. The highest BCUT2D eigenvalue weighted by Gasteiger charge is 2.75. The smallest absolute Gasteiger partial charge is 0.425 e. The van der Waals surface area contributed by atoms with Gasteiger partial charge in [0.05, 0.1) is 12.2 Å². The van der Waals surface area contributed by atoms with E-state index < -0.39 is 40.9 Å². The number of alkyl halides is 6. The summed E-state index contributed by atoms with van der Waals surface area (Å²) in [6.07, 6.45) is -11.5. The van der Waals surface area contributed by atoms with Gasteiger partial charge in [-0.25, -0.2) is 4.79 Å². The van der Waals surface area contributed by atoms with E-state index in [1.807, 2.05) is 0 Å². The second-order valence-electron chi connectivity index (χ2n) is 6.03. The number of rotatable bonds is 7. The van der Waals surface area contributed by atoms with Gasteiger partial charge in [0.25, 0.3) is 11.4 Å². The molecule has 0 saturated heterocycles. The molecule has 0 bridgehead atoms. The molecule has 1 rings (SSSR count). The van der Waals surface area contributed by atoms with Gasteiger partial charge in [0.2, 0.25) is 0 Å². The third-order valence-corrected chi connectivity index (χ3v) is 3.90. The third-order valence-electron chi connectivity index (χ3n) is 3.90. The molecule has 1 aromatic carbocycles. The van der Waals surface area contributed by atoms with Gasteiger partial charge in [-0.1, -0.05) is 37.6 Å². The van der Waals surface area contributed by atoms with Crippen molar-refractivity contribution in [2.24, 2.45) is 0 Å². The molecule has 0 atom stereocenters. The number of hydrogen-bond acceptors (Lipinski definition) is 3. The summed E-state index contributed by atoms with van der Waals surface area (Å²) in [5, 5.41) is 0.928. The summed E-state index contributed by atoms with van der Waals surface area (Å²) in [4.78, 5) is 24.0.